The van der Waals surface area contributed by atoms with Crippen LogP contribution in [0.25, 0.3) is 0 Å². The van der Waals surface area contributed by atoms with Gasteiger partial charge < -0.3 is 24.8 Å². The molecule has 1 aromatic heterocycles. The minimum Gasteiger partial charge on any atom is -0.493 e. The Morgan fingerprint density at radius 1 is 1.18 bits per heavy atom. The largest absolute Gasteiger partial charge is 0.493 e. The zero-order chi connectivity index (χ0) is 19.6. The predicted octanol–water partition coefficient (Wildman–Crippen LogP) is 2.61. The summed E-state index contributed by atoms with van der Waals surface area (Å²) < 4.78 is 11.4. The molecule has 0 saturated carbocycles. The number of aromatic nitrogens is 1. The van der Waals surface area contributed by atoms with Crippen LogP contribution in [0.3, 0.4) is 0 Å². The van der Waals surface area contributed by atoms with Crippen molar-refractivity contribution < 1.29 is 14.6 Å². The van der Waals surface area contributed by atoms with Gasteiger partial charge >= 0.3 is 0 Å². The Bertz CT molecular complexity index is 703. The second-order valence-electron chi connectivity index (χ2n) is 7.24. The Morgan fingerprint density at radius 3 is 2.79 bits per heavy atom. The van der Waals surface area contributed by atoms with E-state index in [1.165, 1.54) is 5.56 Å². The highest BCUT2D eigenvalue weighted by atomic mass is 16.5. The van der Waals surface area contributed by atoms with Crippen molar-refractivity contribution in [2.45, 2.75) is 38.5 Å². The Morgan fingerprint density at radius 2 is 2.04 bits per heavy atom. The van der Waals surface area contributed by atoms with Gasteiger partial charge in [0, 0.05) is 37.6 Å². The van der Waals surface area contributed by atoms with Crippen molar-refractivity contribution in [3.63, 3.8) is 0 Å². The zero-order valence-corrected chi connectivity index (χ0v) is 16.6. The van der Waals surface area contributed by atoms with Crippen molar-refractivity contribution in [2.24, 2.45) is 0 Å². The lowest BCUT2D eigenvalue weighted by molar-refractivity contribution is 0.0821. The molecular formula is C22H31N3O3. The smallest absolute Gasteiger partial charge is 0.161 e. The van der Waals surface area contributed by atoms with E-state index in [0.717, 1.165) is 69.0 Å². The number of pyridine rings is 1. The van der Waals surface area contributed by atoms with E-state index in [-0.39, 0.29) is 6.10 Å². The van der Waals surface area contributed by atoms with Crippen LogP contribution in [-0.4, -0.2) is 54.4 Å². The summed E-state index contributed by atoms with van der Waals surface area (Å²) in [7, 11) is 1.66. The molecule has 0 aliphatic carbocycles. The summed E-state index contributed by atoms with van der Waals surface area (Å²) in [4.78, 5) is 6.55. The van der Waals surface area contributed by atoms with E-state index in [4.69, 9.17) is 9.47 Å². The lowest BCUT2D eigenvalue weighted by Crippen LogP contribution is -2.37. The lowest BCUT2D eigenvalue weighted by atomic mass is 10.1. The summed E-state index contributed by atoms with van der Waals surface area (Å²) in [5.41, 5.74) is 2.20. The first-order valence-corrected chi connectivity index (χ1v) is 10.0. The molecule has 0 radical (unpaired) electrons. The van der Waals surface area contributed by atoms with Gasteiger partial charge in [-0.05, 0) is 56.1 Å². The molecule has 1 aliphatic rings. The first-order chi connectivity index (χ1) is 13.7. The molecule has 6 heteroatoms. The van der Waals surface area contributed by atoms with Gasteiger partial charge in [-0.25, -0.2) is 0 Å². The number of hydrogen-bond acceptors (Lipinski definition) is 6. The van der Waals surface area contributed by atoms with E-state index in [1.54, 1.807) is 19.5 Å². The molecule has 2 N–H and O–H groups in total. The van der Waals surface area contributed by atoms with Crippen LogP contribution >= 0.6 is 0 Å². The number of methoxy groups -OCH3 is 1. The van der Waals surface area contributed by atoms with Crippen molar-refractivity contribution in [3.05, 3.63) is 53.9 Å². The van der Waals surface area contributed by atoms with Crippen LogP contribution < -0.4 is 14.8 Å². The number of likely N-dealkylation sites (tertiary alicyclic amines) is 1. The Hall–Kier alpha value is -2.15. The van der Waals surface area contributed by atoms with Crippen LogP contribution in [0.5, 0.6) is 11.5 Å². The maximum Gasteiger partial charge on any atom is 0.161 e. The number of rotatable bonds is 10. The SMILES string of the molecule is COc1ccc(CNCCCN2CCC(O)CC2)cc1OCc1cccnc1. The second kappa shape index (κ2) is 11.0. The molecule has 1 aromatic carbocycles. The molecule has 3 rings (SSSR count). The fourth-order valence-electron chi connectivity index (χ4n) is 3.39. The fraction of sp³-hybridized carbons (Fsp3) is 0.500. The summed E-state index contributed by atoms with van der Waals surface area (Å²) in [5.74, 6) is 1.48. The van der Waals surface area contributed by atoms with Gasteiger partial charge in [0.15, 0.2) is 11.5 Å². The van der Waals surface area contributed by atoms with E-state index in [1.807, 2.05) is 24.3 Å². The van der Waals surface area contributed by atoms with Gasteiger partial charge in [-0.1, -0.05) is 12.1 Å². The van der Waals surface area contributed by atoms with Crippen LogP contribution in [0.15, 0.2) is 42.7 Å². The molecule has 1 aliphatic heterocycles. The minimum absolute atomic E-state index is 0.0981. The Balaban J connectivity index is 1.42. The molecule has 2 aromatic rings. The summed E-state index contributed by atoms with van der Waals surface area (Å²) in [6.45, 7) is 5.34. The standard InChI is InChI=1S/C22H31N3O3/c1-27-21-6-5-18(14-22(21)28-17-19-4-2-9-23-16-19)15-24-10-3-11-25-12-7-20(26)8-13-25/h2,4-6,9,14,16,20,24,26H,3,7-8,10-13,15,17H2,1H3. The number of ether oxygens (including phenoxy) is 2. The third-order valence-corrected chi connectivity index (χ3v) is 5.06. The third kappa shape index (κ3) is 6.48. The van der Waals surface area contributed by atoms with Crippen LogP contribution in [-0.2, 0) is 13.2 Å². The molecule has 0 spiro atoms. The molecule has 1 saturated heterocycles. The molecule has 0 atom stereocenters. The molecule has 2 heterocycles. The topological polar surface area (TPSA) is 66.9 Å². The number of aliphatic hydroxyl groups excluding tert-OH is 1. The number of piperidine rings is 1. The van der Waals surface area contributed by atoms with Crippen molar-refractivity contribution >= 4 is 0 Å². The quantitative estimate of drug-likeness (QED) is 0.613. The highest BCUT2D eigenvalue weighted by Gasteiger charge is 2.15. The highest BCUT2D eigenvalue weighted by molar-refractivity contribution is 5.43. The number of nitrogens with zero attached hydrogens (tertiary/aromatic N) is 2. The van der Waals surface area contributed by atoms with Gasteiger partial charge in [0.05, 0.1) is 13.2 Å². The van der Waals surface area contributed by atoms with Crippen LogP contribution in [0.2, 0.25) is 0 Å². The zero-order valence-electron chi connectivity index (χ0n) is 16.6. The third-order valence-electron chi connectivity index (χ3n) is 5.06. The van der Waals surface area contributed by atoms with E-state index in [9.17, 15) is 5.11 Å². The number of benzene rings is 1. The normalized spacial score (nSPS) is 15.5. The summed E-state index contributed by atoms with van der Waals surface area (Å²) >= 11 is 0. The lowest BCUT2D eigenvalue weighted by Gasteiger charge is -2.29. The summed E-state index contributed by atoms with van der Waals surface area (Å²) in [5, 5.41) is 13.1. The molecule has 0 amide bonds. The van der Waals surface area contributed by atoms with Gasteiger partial charge in [-0.15, -0.1) is 0 Å². The number of nitrogens with one attached hydrogen (secondary N) is 1. The van der Waals surface area contributed by atoms with Gasteiger partial charge in [0.1, 0.15) is 6.61 Å². The maximum atomic E-state index is 9.56. The molecular weight excluding hydrogens is 354 g/mol. The van der Waals surface area contributed by atoms with E-state index >= 15 is 0 Å². The molecule has 152 valence electrons. The van der Waals surface area contributed by atoms with E-state index in [0.29, 0.717) is 6.61 Å². The average molecular weight is 386 g/mol. The van der Waals surface area contributed by atoms with Crippen LogP contribution in [0.4, 0.5) is 0 Å². The number of hydrogen-bond donors (Lipinski definition) is 2. The monoisotopic (exact) mass is 385 g/mol. The van der Waals surface area contributed by atoms with E-state index in [2.05, 4.69) is 21.3 Å². The van der Waals surface area contributed by atoms with Gasteiger partial charge in [0.25, 0.3) is 0 Å². The fourth-order valence-corrected chi connectivity index (χ4v) is 3.39. The summed E-state index contributed by atoms with van der Waals surface area (Å²) in [6.07, 6.45) is 6.38. The van der Waals surface area contributed by atoms with E-state index < -0.39 is 0 Å². The highest BCUT2D eigenvalue weighted by Crippen LogP contribution is 2.28. The van der Waals surface area contributed by atoms with Crippen molar-refractivity contribution in [2.75, 3.05) is 33.3 Å². The molecule has 1 fully saturated rings. The molecule has 6 nitrogen and oxygen atoms in total. The predicted molar refractivity (Wildman–Crippen MR) is 110 cm³/mol. The second-order valence-corrected chi connectivity index (χ2v) is 7.24. The van der Waals surface area contributed by atoms with Gasteiger partial charge in [-0.2, -0.15) is 0 Å². The molecule has 28 heavy (non-hydrogen) atoms. The Labute approximate surface area is 167 Å². The van der Waals surface area contributed by atoms with Gasteiger partial charge in [-0.3, -0.25) is 4.98 Å². The summed E-state index contributed by atoms with van der Waals surface area (Å²) in [6, 6.07) is 9.95. The first kappa shape index (κ1) is 20.6. The Kier molecular flexibility index (Phi) is 8.08. The van der Waals surface area contributed by atoms with Crippen molar-refractivity contribution in [1.82, 2.24) is 15.2 Å². The molecule has 0 bridgehead atoms. The molecule has 0 unspecified atom stereocenters. The first-order valence-electron chi connectivity index (χ1n) is 10.0. The van der Waals surface area contributed by atoms with Gasteiger partial charge in [0.2, 0.25) is 0 Å². The average Bonchev–Trinajstić information content (AvgIpc) is 2.74. The van der Waals surface area contributed by atoms with Crippen molar-refractivity contribution in [3.8, 4) is 11.5 Å². The number of aliphatic hydroxyl groups is 1. The van der Waals surface area contributed by atoms with Crippen molar-refractivity contribution in [1.29, 1.82) is 0 Å². The van der Waals surface area contributed by atoms with Crippen LogP contribution in [0.1, 0.15) is 30.4 Å². The minimum atomic E-state index is -0.0981. The maximum absolute atomic E-state index is 9.56. The van der Waals surface area contributed by atoms with Crippen LogP contribution in [0, 0.1) is 0 Å².